The van der Waals surface area contributed by atoms with Gasteiger partial charge < -0.3 is 15.4 Å². The van der Waals surface area contributed by atoms with E-state index in [4.69, 9.17) is 9.72 Å². The first-order valence-corrected chi connectivity index (χ1v) is 13.0. The molecule has 0 spiro atoms. The highest BCUT2D eigenvalue weighted by atomic mass is 19.4. The fourth-order valence-electron chi connectivity index (χ4n) is 6.84. The van der Waals surface area contributed by atoms with Crippen LogP contribution in [0.25, 0.3) is 0 Å². The quantitative estimate of drug-likeness (QED) is 0.567. The molecular weight excluding hydrogens is 455 g/mol. The van der Waals surface area contributed by atoms with Crippen LogP contribution >= 0.6 is 0 Å². The summed E-state index contributed by atoms with van der Waals surface area (Å²) in [6.45, 7) is 4.86. The van der Waals surface area contributed by atoms with Gasteiger partial charge in [-0.05, 0) is 64.9 Å². The fourth-order valence-corrected chi connectivity index (χ4v) is 6.84. The van der Waals surface area contributed by atoms with Gasteiger partial charge in [0.05, 0.1) is 40.8 Å². The van der Waals surface area contributed by atoms with Gasteiger partial charge in [0.1, 0.15) is 0 Å². The summed E-state index contributed by atoms with van der Waals surface area (Å²) in [6, 6.07) is 3.05. The first kappa shape index (κ1) is 21.9. The molecule has 4 aliphatic carbocycles. The highest BCUT2D eigenvalue weighted by molar-refractivity contribution is 5.77. The van der Waals surface area contributed by atoms with Gasteiger partial charge in [-0.2, -0.15) is 18.3 Å². The lowest BCUT2D eigenvalue weighted by Crippen LogP contribution is -2.70. The van der Waals surface area contributed by atoms with E-state index in [0.29, 0.717) is 12.6 Å². The molecule has 2 aromatic rings. The number of pyridine rings is 1. The summed E-state index contributed by atoms with van der Waals surface area (Å²) in [6.07, 6.45) is 4.40. The predicted molar refractivity (Wildman–Crippen MR) is 126 cm³/mol. The Labute approximate surface area is 203 Å². The van der Waals surface area contributed by atoms with Crippen molar-refractivity contribution in [3.05, 3.63) is 35.4 Å². The van der Waals surface area contributed by atoms with Crippen LogP contribution in [0.15, 0.2) is 18.5 Å². The van der Waals surface area contributed by atoms with E-state index in [-0.39, 0.29) is 43.4 Å². The van der Waals surface area contributed by atoms with Crippen molar-refractivity contribution >= 4 is 11.4 Å². The Morgan fingerprint density at radius 1 is 1.09 bits per heavy atom. The maximum atomic E-state index is 13.6. The maximum Gasteiger partial charge on any atom is 0.394 e. The summed E-state index contributed by atoms with van der Waals surface area (Å²) in [5.74, 6) is 0.197. The molecular formula is C26H32F3N5O. The first-order chi connectivity index (χ1) is 16.7. The summed E-state index contributed by atoms with van der Waals surface area (Å²) in [7, 11) is 0. The van der Waals surface area contributed by atoms with Crippen molar-refractivity contribution in [2.24, 2.45) is 5.41 Å². The Balaban J connectivity index is 1.20. The van der Waals surface area contributed by atoms with Crippen LogP contribution in [0, 0.1) is 5.41 Å². The number of anilines is 2. The minimum atomic E-state index is -4.13. The van der Waals surface area contributed by atoms with E-state index < -0.39 is 17.0 Å². The van der Waals surface area contributed by atoms with Gasteiger partial charge in [0.15, 0.2) is 0 Å². The second kappa shape index (κ2) is 7.14. The van der Waals surface area contributed by atoms with E-state index in [0.717, 1.165) is 41.2 Å². The second-order valence-corrected chi connectivity index (χ2v) is 11.8. The zero-order valence-electron chi connectivity index (χ0n) is 20.2. The molecule has 1 saturated heterocycles. The van der Waals surface area contributed by atoms with Crippen LogP contribution in [0.4, 0.5) is 24.5 Å². The summed E-state index contributed by atoms with van der Waals surface area (Å²) in [4.78, 5) is 5.14. The van der Waals surface area contributed by atoms with E-state index in [9.17, 15) is 13.2 Å². The molecule has 2 N–H and O–H groups in total. The number of halogens is 3. The molecule has 188 valence electrons. The van der Waals surface area contributed by atoms with Crippen molar-refractivity contribution in [1.82, 2.24) is 14.8 Å². The summed E-state index contributed by atoms with van der Waals surface area (Å²) >= 11 is 0. The number of ether oxygens (including phenoxy) is 1. The number of rotatable bonds is 4. The summed E-state index contributed by atoms with van der Waals surface area (Å²) < 4.78 is 49.0. The van der Waals surface area contributed by atoms with E-state index in [1.807, 2.05) is 6.20 Å². The zero-order valence-corrected chi connectivity index (χ0v) is 20.2. The smallest absolute Gasteiger partial charge is 0.379 e. The largest absolute Gasteiger partial charge is 0.394 e. The third-order valence-corrected chi connectivity index (χ3v) is 9.29. The number of hydrogen-bond acceptors (Lipinski definition) is 5. The number of hydrogen-bond donors (Lipinski definition) is 2. The molecule has 6 aliphatic rings. The van der Waals surface area contributed by atoms with Crippen LogP contribution in [0.1, 0.15) is 93.8 Å². The van der Waals surface area contributed by atoms with Gasteiger partial charge >= 0.3 is 6.18 Å². The molecule has 0 radical (unpaired) electrons. The lowest BCUT2D eigenvalue weighted by Gasteiger charge is -2.70. The van der Waals surface area contributed by atoms with Crippen LogP contribution in [-0.2, 0) is 10.2 Å². The van der Waals surface area contributed by atoms with Crippen molar-refractivity contribution in [3.63, 3.8) is 0 Å². The van der Waals surface area contributed by atoms with Gasteiger partial charge in [0, 0.05) is 47.5 Å². The summed E-state index contributed by atoms with van der Waals surface area (Å²) in [5, 5.41) is 11.7. The average molecular weight is 488 g/mol. The zero-order chi connectivity index (χ0) is 24.2. The van der Waals surface area contributed by atoms with Crippen molar-refractivity contribution < 1.29 is 17.9 Å². The number of nitrogens with zero attached hydrogens (tertiary/aromatic N) is 3. The topological polar surface area (TPSA) is 64.0 Å². The average Bonchev–Trinajstić information content (AvgIpc) is 3.48. The lowest BCUT2D eigenvalue weighted by molar-refractivity contribution is -0.337. The molecule has 2 bridgehead atoms. The number of aromatic nitrogens is 3. The molecule has 9 heteroatoms. The second-order valence-electron chi connectivity index (χ2n) is 11.8. The minimum Gasteiger partial charge on any atom is -0.379 e. The number of fused-ring (bicyclic) bond motifs is 1. The van der Waals surface area contributed by atoms with Crippen molar-refractivity contribution in [1.29, 1.82) is 0 Å². The van der Waals surface area contributed by atoms with Gasteiger partial charge in [-0.25, -0.2) is 0 Å². The molecule has 2 aliphatic heterocycles. The number of nitrogens with one attached hydrogen (secondary N) is 2. The van der Waals surface area contributed by atoms with E-state index in [1.54, 1.807) is 0 Å². The molecule has 0 aromatic carbocycles. The van der Waals surface area contributed by atoms with E-state index in [2.05, 4.69) is 46.5 Å². The fraction of sp³-hybridized carbons (Fsp3) is 0.692. The van der Waals surface area contributed by atoms with E-state index >= 15 is 0 Å². The summed E-state index contributed by atoms with van der Waals surface area (Å²) in [5.41, 5.74) is 2.85. The van der Waals surface area contributed by atoms with Gasteiger partial charge in [-0.15, -0.1) is 0 Å². The van der Waals surface area contributed by atoms with Crippen LogP contribution < -0.4 is 10.6 Å². The van der Waals surface area contributed by atoms with Crippen LogP contribution in [0.2, 0.25) is 0 Å². The molecule has 0 amide bonds. The highest BCUT2D eigenvalue weighted by Crippen LogP contribution is 2.79. The highest BCUT2D eigenvalue weighted by Gasteiger charge is 2.79. The van der Waals surface area contributed by atoms with Gasteiger partial charge in [0.25, 0.3) is 0 Å². The monoisotopic (exact) mass is 487 g/mol. The van der Waals surface area contributed by atoms with Gasteiger partial charge in [-0.1, -0.05) is 0 Å². The SMILES string of the molecule is CC1Nc2cc([C@H]3CCO[C@@H](c4cnn(C5CC5)c4)C3)nc([C@]34C[C@](C(F)(F)F)(C3)C4)c2NC1C. The Morgan fingerprint density at radius 2 is 1.83 bits per heavy atom. The molecule has 4 saturated carbocycles. The van der Waals surface area contributed by atoms with Gasteiger partial charge in [0.2, 0.25) is 0 Å². The molecule has 8 rings (SSSR count). The van der Waals surface area contributed by atoms with Crippen LogP contribution in [0.3, 0.4) is 0 Å². The van der Waals surface area contributed by atoms with Crippen molar-refractivity contribution in [2.75, 3.05) is 17.2 Å². The molecule has 4 atom stereocenters. The molecule has 2 unspecified atom stereocenters. The van der Waals surface area contributed by atoms with E-state index in [1.165, 1.54) is 12.8 Å². The molecule has 6 nitrogen and oxygen atoms in total. The lowest BCUT2D eigenvalue weighted by atomic mass is 9.33. The third-order valence-electron chi connectivity index (χ3n) is 9.29. The third kappa shape index (κ3) is 3.26. The minimum absolute atomic E-state index is 0.0315. The normalized spacial score (nSPS) is 38.0. The van der Waals surface area contributed by atoms with Crippen molar-refractivity contribution in [2.45, 2.75) is 101 Å². The molecule has 2 aromatic heterocycles. The van der Waals surface area contributed by atoms with Crippen LogP contribution in [0.5, 0.6) is 0 Å². The standard InChI is InChI=1S/C26H32F3N5O/c1-14-15(2)32-22-20(31-14)8-19(33-23(22)24-11-25(12-24,13-24)26(27,28)29)16-5-6-35-21(7-16)17-9-30-34(10-17)18-3-4-18/h8-10,14-16,18,21,31-32H,3-7,11-13H2,1-2H3/t14?,15?,16-,21+,24-,25+/m0/s1. The van der Waals surface area contributed by atoms with Gasteiger partial charge in [-0.3, -0.25) is 9.67 Å². The maximum absolute atomic E-state index is 13.6. The Kier molecular flexibility index (Phi) is 4.48. The number of alkyl halides is 3. The van der Waals surface area contributed by atoms with Crippen molar-refractivity contribution in [3.8, 4) is 0 Å². The van der Waals surface area contributed by atoms with Crippen LogP contribution in [-0.4, -0.2) is 39.6 Å². The molecule has 35 heavy (non-hydrogen) atoms. The first-order valence-electron chi connectivity index (χ1n) is 13.0. The Hall–Kier alpha value is -2.29. The molecule has 4 heterocycles. The Morgan fingerprint density at radius 3 is 2.54 bits per heavy atom. The predicted octanol–water partition coefficient (Wildman–Crippen LogP) is 5.85. The molecule has 5 fully saturated rings. The Bertz CT molecular complexity index is 1150.